The Morgan fingerprint density at radius 3 is 2.71 bits per heavy atom. The lowest BCUT2D eigenvalue weighted by molar-refractivity contribution is -0.126. The van der Waals surface area contributed by atoms with Crippen molar-refractivity contribution in [3.8, 4) is 5.69 Å². The van der Waals surface area contributed by atoms with Crippen LogP contribution < -0.4 is 5.32 Å². The third-order valence-corrected chi connectivity index (χ3v) is 4.37. The predicted octanol–water partition coefficient (Wildman–Crippen LogP) is 1.66. The summed E-state index contributed by atoms with van der Waals surface area (Å²) in [7, 11) is 1.58. The van der Waals surface area contributed by atoms with Crippen LogP contribution in [0.5, 0.6) is 0 Å². The van der Waals surface area contributed by atoms with Crippen LogP contribution in [0.3, 0.4) is 0 Å². The van der Waals surface area contributed by atoms with Crippen molar-refractivity contribution in [1.29, 1.82) is 0 Å². The van der Waals surface area contributed by atoms with Crippen molar-refractivity contribution in [2.45, 2.75) is 25.3 Å². The molecule has 1 saturated heterocycles. The number of nitrogens with zero attached hydrogens (tertiary/aromatic N) is 4. The minimum Gasteiger partial charge on any atom is -0.357 e. The molecule has 0 spiro atoms. The van der Waals surface area contributed by atoms with E-state index in [9.17, 15) is 9.59 Å². The first-order chi connectivity index (χ1) is 11.6. The van der Waals surface area contributed by atoms with E-state index in [0.717, 1.165) is 18.5 Å². The largest absolute Gasteiger partial charge is 0.357 e. The van der Waals surface area contributed by atoms with Gasteiger partial charge in [-0.15, -0.1) is 5.10 Å². The van der Waals surface area contributed by atoms with Crippen molar-refractivity contribution in [3.05, 3.63) is 41.2 Å². The number of likely N-dealkylation sites (N-methyl/N-ethyl adjacent to an activating group) is 1. The Bertz CT molecular complexity index is 743. The van der Waals surface area contributed by atoms with Crippen molar-refractivity contribution >= 4 is 23.4 Å². The van der Waals surface area contributed by atoms with E-state index in [1.165, 1.54) is 4.68 Å². The Morgan fingerprint density at radius 1 is 1.25 bits per heavy atom. The van der Waals surface area contributed by atoms with Crippen LogP contribution in [-0.4, -0.2) is 51.3 Å². The van der Waals surface area contributed by atoms with Crippen molar-refractivity contribution in [1.82, 2.24) is 25.2 Å². The van der Waals surface area contributed by atoms with E-state index < -0.39 is 6.04 Å². The fraction of sp³-hybridized carbons (Fsp3) is 0.375. The molecule has 2 aromatic rings. The molecule has 1 aliphatic rings. The van der Waals surface area contributed by atoms with Crippen molar-refractivity contribution in [3.63, 3.8) is 0 Å². The maximum Gasteiger partial charge on any atom is 0.276 e. The van der Waals surface area contributed by atoms with Crippen LogP contribution in [0.4, 0.5) is 0 Å². The van der Waals surface area contributed by atoms with Crippen LogP contribution in [-0.2, 0) is 4.79 Å². The predicted molar refractivity (Wildman–Crippen MR) is 89.1 cm³/mol. The second kappa shape index (κ2) is 7.00. The zero-order chi connectivity index (χ0) is 17.1. The highest BCUT2D eigenvalue weighted by atomic mass is 35.5. The first-order valence-electron chi connectivity index (χ1n) is 7.81. The first-order valence-corrected chi connectivity index (χ1v) is 8.19. The second-order valence-corrected chi connectivity index (χ2v) is 6.09. The average molecular weight is 348 g/mol. The minimum atomic E-state index is -0.447. The number of hydrogen-bond acceptors (Lipinski definition) is 4. The van der Waals surface area contributed by atoms with Gasteiger partial charge in [-0.3, -0.25) is 9.59 Å². The lowest BCUT2D eigenvalue weighted by Gasteiger charge is -2.33. The number of piperidine rings is 1. The number of rotatable bonds is 3. The zero-order valence-electron chi connectivity index (χ0n) is 13.3. The summed E-state index contributed by atoms with van der Waals surface area (Å²) in [6.45, 7) is 0.546. The summed E-state index contributed by atoms with van der Waals surface area (Å²) in [5.41, 5.74) is 0.980. The summed E-state index contributed by atoms with van der Waals surface area (Å²) in [6.07, 6.45) is 4.04. The third-order valence-electron chi connectivity index (χ3n) is 4.12. The van der Waals surface area contributed by atoms with Crippen LogP contribution in [0.1, 0.15) is 29.8 Å². The molecule has 1 atom stereocenters. The number of benzene rings is 1. The standard InChI is InChI=1S/C16H18ClN5O2/c1-18-15(23)14-4-2-3-9-21(14)16(24)13-10-22(20-19-13)12-7-5-11(17)6-8-12/h5-8,10,14H,2-4,9H2,1H3,(H,18,23)/t14-/m0/s1. The number of carbonyl (C=O) groups is 2. The molecule has 1 aromatic carbocycles. The number of hydrogen-bond donors (Lipinski definition) is 1. The van der Waals surface area contributed by atoms with Gasteiger partial charge in [0.1, 0.15) is 6.04 Å². The average Bonchev–Trinajstić information content (AvgIpc) is 3.11. The number of carbonyl (C=O) groups excluding carboxylic acids is 2. The van der Waals surface area contributed by atoms with Crippen LogP contribution in [0.2, 0.25) is 5.02 Å². The third kappa shape index (κ3) is 3.26. The minimum absolute atomic E-state index is 0.145. The molecular formula is C16H18ClN5O2. The smallest absolute Gasteiger partial charge is 0.276 e. The SMILES string of the molecule is CNC(=O)[C@@H]1CCCCN1C(=O)c1cn(-c2ccc(Cl)cc2)nn1. The van der Waals surface area contributed by atoms with Gasteiger partial charge in [0.15, 0.2) is 5.69 Å². The normalized spacial score (nSPS) is 17.6. The molecular weight excluding hydrogens is 330 g/mol. The lowest BCUT2D eigenvalue weighted by atomic mass is 10.0. The number of halogens is 1. The maximum atomic E-state index is 12.7. The van der Waals surface area contributed by atoms with Gasteiger partial charge in [0.25, 0.3) is 5.91 Å². The summed E-state index contributed by atoms with van der Waals surface area (Å²) >= 11 is 5.87. The molecule has 1 aliphatic heterocycles. The Balaban J connectivity index is 1.82. The highest BCUT2D eigenvalue weighted by molar-refractivity contribution is 6.30. The van der Waals surface area contributed by atoms with Gasteiger partial charge in [-0.1, -0.05) is 16.8 Å². The number of amides is 2. The molecule has 1 fully saturated rings. The molecule has 126 valence electrons. The van der Waals surface area contributed by atoms with E-state index in [1.54, 1.807) is 42.4 Å². The summed E-state index contributed by atoms with van der Waals surface area (Å²) in [4.78, 5) is 26.3. The topological polar surface area (TPSA) is 80.1 Å². The molecule has 0 unspecified atom stereocenters. The van der Waals surface area contributed by atoms with E-state index >= 15 is 0 Å². The molecule has 7 nitrogen and oxygen atoms in total. The van der Waals surface area contributed by atoms with E-state index in [0.29, 0.717) is 18.0 Å². The van der Waals surface area contributed by atoms with E-state index in [1.807, 2.05) is 0 Å². The fourth-order valence-corrected chi connectivity index (χ4v) is 2.97. The highest BCUT2D eigenvalue weighted by Gasteiger charge is 2.33. The Hall–Kier alpha value is -2.41. The monoisotopic (exact) mass is 347 g/mol. The molecule has 1 aromatic heterocycles. The quantitative estimate of drug-likeness (QED) is 0.915. The molecule has 0 bridgehead atoms. The zero-order valence-corrected chi connectivity index (χ0v) is 14.0. The number of likely N-dealkylation sites (tertiary alicyclic amines) is 1. The molecule has 24 heavy (non-hydrogen) atoms. The van der Waals surface area contributed by atoms with Crippen LogP contribution in [0, 0.1) is 0 Å². The number of aromatic nitrogens is 3. The summed E-state index contributed by atoms with van der Waals surface area (Å²) < 4.78 is 1.52. The Morgan fingerprint density at radius 2 is 2.00 bits per heavy atom. The van der Waals surface area contributed by atoms with Crippen LogP contribution in [0.25, 0.3) is 5.69 Å². The van der Waals surface area contributed by atoms with E-state index in [4.69, 9.17) is 11.6 Å². The first kappa shape index (κ1) is 16.4. The van der Waals surface area contributed by atoms with Gasteiger partial charge in [-0.25, -0.2) is 4.68 Å². The molecule has 3 rings (SSSR count). The van der Waals surface area contributed by atoms with Gasteiger partial charge < -0.3 is 10.2 Å². The van der Waals surface area contributed by atoms with E-state index in [2.05, 4.69) is 15.6 Å². The van der Waals surface area contributed by atoms with Gasteiger partial charge in [0, 0.05) is 18.6 Å². The Labute approximate surface area is 144 Å². The van der Waals surface area contributed by atoms with Gasteiger partial charge in [0.2, 0.25) is 5.91 Å². The molecule has 8 heteroatoms. The summed E-state index contributed by atoms with van der Waals surface area (Å²) in [5, 5.41) is 11.2. The molecule has 2 amide bonds. The fourth-order valence-electron chi connectivity index (χ4n) is 2.84. The van der Waals surface area contributed by atoms with Crippen molar-refractivity contribution < 1.29 is 9.59 Å². The highest BCUT2D eigenvalue weighted by Crippen LogP contribution is 2.20. The summed E-state index contributed by atoms with van der Waals surface area (Å²) in [5.74, 6) is -0.420. The van der Waals surface area contributed by atoms with Crippen LogP contribution >= 0.6 is 11.6 Å². The molecule has 0 aliphatic carbocycles. The van der Waals surface area contributed by atoms with E-state index in [-0.39, 0.29) is 17.5 Å². The molecule has 0 saturated carbocycles. The van der Waals surface area contributed by atoms with Gasteiger partial charge >= 0.3 is 0 Å². The molecule has 0 radical (unpaired) electrons. The van der Waals surface area contributed by atoms with Gasteiger partial charge in [-0.2, -0.15) is 0 Å². The Kier molecular flexibility index (Phi) is 4.80. The number of nitrogens with one attached hydrogen (secondary N) is 1. The summed E-state index contributed by atoms with van der Waals surface area (Å²) in [6, 6.07) is 6.62. The van der Waals surface area contributed by atoms with Crippen molar-refractivity contribution in [2.24, 2.45) is 0 Å². The lowest BCUT2D eigenvalue weighted by Crippen LogP contribution is -2.51. The van der Waals surface area contributed by atoms with Crippen molar-refractivity contribution in [2.75, 3.05) is 13.6 Å². The van der Waals surface area contributed by atoms with Gasteiger partial charge in [-0.05, 0) is 43.5 Å². The van der Waals surface area contributed by atoms with Gasteiger partial charge in [0.05, 0.1) is 11.9 Å². The maximum absolute atomic E-state index is 12.7. The molecule has 2 heterocycles. The molecule has 1 N–H and O–H groups in total. The second-order valence-electron chi connectivity index (χ2n) is 5.65. The van der Waals surface area contributed by atoms with Crippen LogP contribution in [0.15, 0.2) is 30.5 Å².